The van der Waals surface area contributed by atoms with Crippen LogP contribution in [0.5, 0.6) is 11.5 Å². The van der Waals surface area contributed by atoms with E-state index in [0.717, 1.165) is 0 Å². The van der Waals surface area contributed by atoms with Crippen molar-refractivity contribution >= 4 is 59.1 Å². The monoisotopic (exact) mass is 804 g/mol. The molecule has 4 saturated heterocycles. The molecule has 6 rings (SSSR count). The first-order chi connectivity index (χ1) is 23.4. The van der Waals surface area contributed by atoms with Gasteiger partial charge in [0.25, 0.3) is 11.8 Å². The molecule has 2 aromatic carbocycles. The maximum absolute atomic E-state index is 12.3. The number of rotatable bonds is 10. The van der Waals surface area contributed by atoms with Crippen molar-refractivity contribution in [3.05, 3.63) is 60.7 Å². The molecule has 0 aromatic heterocycles. The van der Waals surface area contributed by atoms with Crippen LogP contribution in [-0.2, 0) is 28.8 Å². The van der Waals surface area contributed by atoms with Crippen molar-refractivity contribution in [2.24, 2.45) is 0 Å². The van der Waals surface area contributed by atoms with E-state index in [4.69, 9.17) is 9.47 Å². The molecule has 0 saturated carbocycles. The molecule has 2 N–H and O–H groups in total. The molecule has 2 aromatic rings. The van der Waals surface area contributed by atoms with Crippen LogP contribution in [0.3, 0.4) is 0 Å². The summed E-state index contributed by atoms with van der Waals surface area (Å²) in [6.45, 7) is 10.2. The molecular weight excluding hydrogens is 767 g/mol. The molecule has 4 heterocycles. The van der Waals surface area contributed by atoms with Crippen LogP contribution in [0.2, 0.25) is 0 Å². The molecule has 4 fully saturated rings. The zero-order valence-corrected chi connectivity index (χ0v) is 38.1. The van der Waals surface area contributed by atoms with Crippen LogP contribution in [0, 0.1) is 0 Å². The number of β-lactam (4-membered cyclic amide) rings is 2. The van der Waals surface area contributed by atoms with Gasteiger partial charge < -0.3 is 49.7 Å². The summed E-state index contributed by atoms with van der Waals surface area (Å²) in [7, 11) is 0. The van der Waals surface area contributed by atoms with E-state index in [1.807, 2.05) is 12.1 Å². The number of thioether (sulfide) groups is 2. The predicted octanol–water partition coefficient (Wildman–Crippen LogP) is -6.49. The van der Waals surface area contributed by atoms with E-state index in [1.165, 1.54) is 33.3 Å². The van der Waals surface area contributed by atoms with Gasteiger partial charge >= 0.3 is 103 Å². The first-order valence-corrected chi connectivity index (χ1v) is 17.7. The number of nitrogens with one attached hydrogen (secondary N) is 2. The fourth-order valence-electron chi connectivity index (χ4n) is 6.31. The first-order valence-electron chi connectivity index (χ1n) is 15.9. The van der Waals surface area contributed by atoms with Crippen LogP contribution < -0.4 is 133 Å². The molecule has 0 bridgehead atoms. The summed E-state index contributed by atoms with van der Waals surface area (Å²) >= 11 is 2.70. The summed E-state index contributed by atoms with van der Waals surface area (Å²) in [5.74, 6) is -3.09. The van der Waals surface area contributed by atoms with Crippen LogP contribution in [0.1, 0.15) is 41.5 Å². The normalized spacial score (nSPS) is 26.8. The van der Waals surface area contributed by atoms with Gasteiger partial charge in [-0.3, -0.25) is 19.2 Å². The van der Waals surface area contributed by atoms with Crippen molar-refractivity contribution in [2.45, 2.75) is 98.2 Å². The third-order valence-electron chi connectivity index (χ3n) is 8.77. The number of hydrogen-bond acceptors (Lipinski definition) is 12. The van der Waals surface area contributed by atoms with E-state index in [0.29, 0.717) is 11.5 Å². The van der Waals surface area contributed by atoms with Crippen molar-refractivity contribution < 1.29 is 151 Å². The number of para-hydroxylation sites is 2. The van der Waals surface area contributed by atoms with E-state index < -0.39 is 92.2 Å². The van der Waals surface area contributed by atoms with Crippen molar-refractivity contribution in [3.63, 3.8) is 0 Å². The molecule has 4 aliphatic rings. The molecule has 8 atom stereocenters. The number of fused-ring (bicyclic) bond motifs is 2. The summed E-state index contributed by atoms with van der Waals surface area (Å²) in [4.78, 5) is 74.6. The quantitative estimate of drug-likeness (QED) is 0.171. The Morgan fingerprint density at radius 1 is 0.654 bits per heavy atom. The van der Waals surface area contributed by atoms with Crippen LogP contribution in [0.25, 0.3) is 0 Å². The first kappa shape index (κ1) is 45.2. The summed E-state index contributed by atoms with van der Waals surface area (Å²) in [5.41, 5.74) is 0. The summed E-state index contributed by atoms with van der Waals surface area (Å²) in [5, 5.41) is 27.3. The standard InChI is InChI=1S/2C17H20N2O5S.2K/c2*1-9(24-10-7-5-4-6-8-10)13(20)18-11-14(21)19-12(16(22)23)17(2,3)25-15(11)19;;/h2*4-9,11-12,15H,1-3H3,(H,18,20)(H,22,23);;/q;;2*+1/p-2/t2*9?,11-,12+,15-;;/m11../s1. The topological polar surface area (TPSA) is 198 Å². The van der Waals surface area contributed by atoms with Crippen molar-refractivity contribution in [1.29, 1.82) is 0 Å². The van der Waals surface area contributed by atoms with Crippen molar-refractivity contribution in [2.75, 3.05) is 0 Å². The number of carbonyl (C=O) groups is 6. The van der Waals surface area contributed by atoms with Gasteiger partial charge in [-0.05, 0) is 65.8 Å². The average Bonchev–Trinajstić information content (AvgIpc) is 3.47. The minimum absolute atomic E-state index is 0. The molecule has 18 heteroatoms. The number of aliphatic carboxylic acids is 2. The van der Waals surface area contributed by atoms with E-state index in [2.05, 4.69) is 10.6 Å². The summed E-state index contributed by atoms with van der Waals surface area (Å²) in [6, 6.07) is 14.3. The molecule has 2 unspecified atom stereocenters. The molecule has 14 nitrogen and oxygen atoms in total. The maximum atomic E-state index is 12.3. The Morgan fingerprint density at radius 3 is 1.25 bits per heavy atom. The van der Waals surface area contributed by atoms with Gasteiger partial charge in [0, 0.05) is 9.49 Å². The molecule has 0 radical (unpaired) electrons. The molecule has 52 heavy (non-hydrogen) atoms. The minimum Gasteiger partial charge on any atom is -0.548 e. The summed E-state index contributed by atoms with van der Waals surface area (Å²) in [6.07, 6.45) is -1.55. The Morgan fingerprint density at radius 2 is 0.962 bits per heavy atom. The van der Waals surface area contributed by atoms with Crippen LogP contribution in [0.4, 0.5) is 0 Å². The number of benzene rings is 2. The second kappa shape index (κ2) is 18.2. The molecule has 268 valence electrons. The Hall–Kier alpha value is -1.17. The van der Waals surface area contributed by atoms with Gasteiger partial charge in [0.05, 0.1) is 24.0 Å². The number of ether oxygens (including phenoxy) is 2. The fourth-order valence-corrected chi connectivity index (χ4v) is 9.55. The van der Waals surface area contributed by atoms with Crippen molar-refractivity contribution in [3.8, 4) is 11.5 Å². The predicted molar refractivity (Wildman–Crippen MR) is 179 cm³/mol. The van der Waals surface area contributed by atoms with E-state index in [9.17, 15) is 39.0 Å². The van der Waals surface area contributed by atoms with Gasteiger partial charge in [-0.1, -0.05) is 36.4 Å². The van der Waals surface area contributed by atoms with Crippen LogP contribution in [-0.4, -0.2) is 102 Å². The number of carbonyl (C=O) groups excluding carboxylic acids is 6. The molecule has 0 aliphatic carbocycles. The average molecular weight is 805 g/mol. The van der Waals surface area contributed by atoms with Gasteiger partial charge in [-0.15, -0.1) is 23.5 Å². The van der Waals surface area contributed by atoms with Gasteiger partial charge in [0.1, 0.15) is 34.3 Å². The maximum Gasteiger partial charge on any atom is 1.00 e. The third kappa shape index (κ3) is 9.43. The zero-order valence-electron chi connectivity index (χ0n) is 30.2. The van der Waals surface area contributed by atoms with Gasteiger partial charge in [0.15, 0.2) is 12.2 Å². The van der Waals surface area contributed by atoms with E-state index >= 15 is 0 Å². The number of hydrogen-bond donors (Lipinski definition) is 2. The molecule has 4 amide bonds. The van der Waals surface area contributed by atoms with Gasteiger partial charge in [-0.25, -0.2) is 0 Å². The van der Waals surface area contributed by atoms with Gasteiger partial charge in [0.2, 0.25) is 11.8 Å². The largest absolute Gasteiger partial charge is 1.00 e. The van der Waals surface area contributed by atoms with Crippen LogP contribution in [0.15, 0.2) is 60.7 Å². The van der Waals surface area contributed by atoms with E-state index in [1.54, 1.807) is 90.1 Å². The Bertz CT molecular complexity index is 1550. The Labute approximate surface area is 395 Å². The van der Waals surface area contributed by atoms with E-state index in [-0.39, 0.29) is 103 Å². The number of nitrogens with zero attached hydrogens (tertiary/aromatic N) is 2. The van der Waals surface area contributed by atoms with Gasteiger partial charge in [-0.2, -0.15) is 0 Å². The zero-order chi connectivity index (χ0) is 36.7. The SMILES string of the molecule is CC(Oc1ccccc1)C(=O)N[C@@H]1C(=O)N2[C@@H]1SC(C)(C)[C@@H]2C(=O)[O-].CC(Oc1ccccc1)C(=O)N[C@@H]1C(=O)N2[C@@H]1SC(C)(C)[C@@H]2C(=O)[O-].[K+].[K+]. The summed E-state index contributed by atoms with van der Waals surface area (Å²) < 4.78 is 9.74. The van der Waals surface area contributed by atoms with Crippen LogP contribution >= 0.6 is 23.5 Å². The van der Waals surface area contributed by atoms with Crippen molar-refractivity contribution in [1.82, 2.24) is 20.4 Å². The third-order valence-corrected chi connectivity index (χ3v) is 11.9. The molecular formula is C34H38K2N4O10S2. The number of amides is 4. The molecule has 4 aliphatic heterocycles. The Kier molecular flexibility index (Phi) is 15.8. The number of carboxylic acid groups (broad SMARTS) is 2. The smallest absolute Gasteiger partial charge is 0.548 e. The fraction of sp³-hybridized carbons (Fsp3) is 0.471. The minimum atomic E-state index is -1.28. The second-order valence-corrected chi connectivity index (χ2v) is 16.8. The molecule has 0 spiro atoms. The number of carboxylic acids is 2. The Balaban J connectivity index is 0.000000270. The second-order valence-electron chi connectivity index (χ2n) is 13.3.